The summed E-state index contributed by atoms with van der Waals surface area (Å²) in [5.74, 6) is 0. The van der Waals surface area contributed by atoms with Crippen molar-refractivity contribution >= 4 is 26.5 Å². The number of benzene rings is 2. The Kier molecular flexibility index (Phi) is 10.5. The third-order valence-corrected chi connectivity index (χ3v) is 10.6. The van der Waals surface area contributed by atoms with E-state index < -0.39 is 0 Å². The first kappa shape index (κ1) is 21.9. The summed E-state index contributed by atoms with van der Waals surface area (Å²) in [5, 5.41) is 3.07. The molecule has 0 spiro atoms. The molecule has 0 bridgehead atoms. The molecule has 0 unspecified atom stereocenters. The van der Waals surface area contributed by atoms with Crippen LogP contribution in [0.15, 0.2) is 60.7 Å². The standard InChI is InChI=1S/C24H34O2P2/c1-3-11-23(12-4-1)27-19-7-15-25-17-9-21-28(24-13-5-2-6-14-24)22-10-18-26-16-8-20-27/h1-6,11-14H,7-10,15-22H2. The highest BCUT2D eigenvalue weighted by Crippen LogP contribution is 2.37. The summed E-state index contributed by atoms with van der Waals surface area (Å²) in [5.41, 5.74) is 0. The van der Waals surface area contributed by atoms with Gasteiger partial charge in [-0.2, -0.15) is 0 Å². The van der Waals surface area contributed by atoms with Crippen LogP contribution in [0, 0.1) is 0 Å². The van der Waals surface area contributed by atoms with E-state index in [0.29, 0.717) is 0 Å². The van der Waals surface area contributed by atoms with Crippen molar-refractivity contribution in [2.24, 2.45) is 0 Å². The van der Waals surface area contributed by atoms with Gasteiger partial charge in [0.1, 0.15) is 0 Å². The van der Waals surface area contributed by atoms with E-state index in [2.05, 4.69) is 60.7 Å². The molecular weight excluding hydrogens is 382 g/mol. The lowest BCUT2D eigenvalue weighted by Crippen LogP contribution is -2.12. The highest BCUT2D eigenvalue weighted by atomic mass is 31.1. The monoisotopic (exact) mass is 416 g/mol. The van der Waals surface area contributed by atoms with E-state index >= 15 is 0 Å². The summed E-state index contributed by atoms with van der Waals surface area (Å²) >= 11 is 0. The van der Waals surface area contributed by atoms with E-state index in [4.69, 9.17) is 9.47 Å². The predicted octanol–water partition coefficient (Wildman–Crippen LogP) is 5.21. The first-order valence-corrected chi connectivity index (χ1v) is 14.1. The summed E-state index contributed by atoms with van der Waals surface area (Å²) in [6, 6.07) is 22.1. The van der Waals surface area contributed by atoms with Gasteiger partial charge in [0.15, 0.2) is 0 Å². The lowest BCUT2D eigenvalue weighted by Gasteiger charge is -2.20. The fourth-order valence-electron chi connectivity index (χ4n) is 3.65. The molecule has 1 aliphatic heterocycles. The topological polar surface area (TPSA) is 18.5 Å². The van der Waals surface area contributed by atoms with Gasteiger partial charge in [-0.25, -0.2) is 0 Å². The normalized spacial score (nSPS) is 23.9. The molecule has 0 N–H and O–H groups in total. The van der Waals surface area contributed by atoms with Gasteiger partial charge in [0, 0.05) is 26.4 Å². The van der Waals surface area contributed by atoms with Crippen LogP contribution in [0.5, 0.6) is 0 Å². The molecule has 0 amide bonds. The number of ether oxygens (including phenoxy) is 2. The second kappa shape index (κ2) is 13.4. The Morgan fingerprint density at radius 2 is 0.786 bits per heavy atom. The molecule has 1 heterocycles. The summed E-state index contributed by atoms with van der Waals surface area (Å²) in [4.78, 5) is 0. The third-order valence-electron chi connectivity index (χ3n) is 5.11. The van der Waals surface area contributed by atoms with Gasteiger partial charge < -0.3 is 9.47 Å². The Labute approximate surface area is 173 Å². The molecule has 152 valence electrons. The van der Waals surface area contributed by atoms with Crippen molar-refractivity contribution < 1.29 is 9.47 Å². The highest BCUT2D eigenvalue weighted by molar-refractivity contribution is 7.65. The summed E-state index contributed by atoms with van der Waals surface area (Å²) in [6.07, 6.45) is 9.80. The molecule has 0 aromatic heterocycles. The number of rotatable bonds is 2. The maximum atomic E-state index is 6.00. The van der Waals surface area contributed by atoms with Crippen LogP contribution in [-0.2, 0) is 9.47 Å². The molecule has 0 saturated carbocycles. The van der Waals surface area contributed by atoms with Crippen LogP contribution in [-0.4, -0.2) is 51.1 Å². The third kappa shape index (κ3) is 7.92. The van der Waals surface area contributed by atoms with E-state index in [1.165, 1.54) is 60.9 Å². The Hall–Kier alpha value is -0.780. The fraction of sp³-hybridized carbons (Fsp3) is 0.500. The molecule has 1 saturated heterocycles. The van der Waals surface area contributed by atoms with E-state index in [1.807, 2.05) is 0 Å². The molecule has 28 heavy (non-hydrogen) atoms. The van der Waals surface area contributed by atoms with Gasteiger partial charge in [0.2, 0.25) is 0 Å². The quantitative estimate of drug-likeness (QED) is 0.626. The van der Waals surface area contributed by atoms with Crippen molar-refractivity contribution in [1.29, 1.82) is 0 Å². The van der Waals surface area contributed by atoms with Crippen LogP contribution in [0.3, 0.4) is 0 Å². The molecule has 4 heteroatoms. The van der Waals surface area contributed by atoms with Gasteiger partial charge in [0.25, 0.3) is 0 Å². The minimum Gasteiger partial charge on any atom is -0.381 e. The largest absolute Gasteiger partial charge is 0.381 e. The lowest BCUT2D eigenvalue weighted by molar-refractivity contribution is 0.135. The van der Waals surface area contributed by atoms with Crippen molar-refractivity contribution in [3.63, 3.8) is 0 Å². The van der Waals surface area contributed by atoms with E-state index in [1.54, 1.807) is 0 Å². The minimum atomic E-state index is -0.0815. The first-order valence-electron chi connectivity index (χ1n) is 10.7. The Balaban J connectivity index is 1.51. The van der Waals surface area contributed by atoms with Crippen LogP contribution in [0.4, 0.5) is 0 Å². The molecule has 2 aromatic rings. The van der Waals surface area contributed by atoms with E-state index in [9.17, 15) is 0 Å². The Bertz CT molecular complexity index is 562. The molecule has 1 aliphatic rings. The SMILES string of the molecule is c1ccc(P2CCCOCCCP(c3ccccc3)CCCOCCC2)cc1. The maximum Gasteiger partial charge on any atom is 0.0469 e. The molecule has 3 rings (SSSR count). The van der Waals surface area contributed by atoms with Crippen LogP contribution >= 0.6 is 15.8 Å². The minimum absolute atomic E-state index is 0.0815. The van der Waals surface area contributed by atoms with Gasteiger partial charge in [-0.05, 0) is 60.9 Å². The van der Waals surface area contributed by atoms with Gasteiger partial charge in [0.05, 0.1) is 0 Å². The van der Waals surface area contributed by atoms with E-state index in [0.717, 1.165) is 26.4 Å². The molecular formula is C24H34O2P2. The zero-order valence-electron chi connectivity index (χ0n) is 17.0. The van der Waals surface area contributed by atoms with Crippen LogP contribution < -0.4 is 10.6 Å². The van der Waals surface area contributed by atoms with Crippen molar-refractivity contribution in [3.8, 4) is 0 Å². The van der Waals surface area contributed by atoms with Crippen molar-refractivity contribution in [3.05, 3.63) is 60.7 Å². The fourth-order valence-corrected chi connectivity index (χ4v) is 8.36. The average molecular weight is 416 g/mol. The molecule has 0 radical (unpaired) electrons. The predicted molar refractivity (Wildman–Crippen MR) is 126 cm³/mol. The molecule has 0 atom stereocenters. The second-order valence-electron chi connectivity index (χ2n) is 7.28. The van der Waals surface area contributed by atoms with Crippen molar-refractivity contribution in [2.75, 3.05) is 51.1 Å². The lowest BCUT2D eigenvalue weighted by atomic mass is 10.4. The van der Waals surface area contributed by atoms with Crippen LogP contribution in [0.25, 0.3) is 0 Å². The van der Waals surface area contributed by atoms with Gasteiger partial charge in [-0.15, -0.1) is 0 Å². The molecule has 0 aliphatic carbocycles. The smallest absolute Gasteiger partial charge is 0.0469 e. The summed E-state index contributed by atoms with van der Waals surface area (Å²) < 4.78 is 12.0. The zero-order valence-corrected chi connectivity index (χ0v) is 18.8. The Morgan fingerprint density at radius 1 is 0.464 bits per heavy atom. The molecule has 2 nitrogen and oxygen atoms in total. The molecule has 2 aromatic carbocycles. The van der Waals surface area contributed by atoms with Gasteiger partial charge in [-0.1, -0.05) is 76.5 Å². The summed E-state index contributed by atoms with van der Waals surface area (Å²) in [7, 11) is -0.163. The number of hydrogen-bond acceptors (Lipinski definition) is 2. The molecule has 1 fully saturated rings. The van der Waals surface area contributed by atoms with Crippen LogP contribution in [0.2, 0.25) is 0 Å². The highest BCUT2D eigenvalue weighted by Gasteiger charge is 2.13. The zero-order chi connectivity index (χ0) is 19.3. The average Bonchev–Trinajstić information content (AvgIpc) is 2.75. The van der Waals surface area contributed by atoms with Crippen molar-refractivity contribution in [2.45, 2.75) is 25.7 Å². The van der Waals surface area contributed by atoms with Gasteiger partial charge in [-0.3, -0.25) is 0 Å². The van der Waals surface area contributed by atoms with E-state index in [-0.39, 0.29) is 15.8 Å². The first-order chi connectivity index (χ1) is 13.9. The summed E-state index contributed by atoms with van der Waals surface area (Å²) in [6.45, 7) is 3.63. The van der Waals surface area contributed by atoms with Gasteiger partial charge >= 0.3 is 0 Å². The maximum absolute atomic E-state index is 6.00. The Morgan fingerprint density at radius 3 is 1.11 bits per heavy atom. The van der Waals surface area contributed by atoms with Crippen LogP contribution in [0.1, 0.15) is 25.7 Å². The van der Waals surface area contributed by atoms with Crippen molar-refractivity contribution in [1.82, 2.24) is 0 Å². The number of hydrogen-bond donors (Lipinski definition) is 0. The second-order valence-corrected chi connectivity index (χ2v) is 12.3.